The summed E-state index contributed by atoms with van der Waals surface area (Å²) in [6.07, 6.45) is 0. The van der Waals surface area contributed by atoms with Crippen LogP contribution in [0.1, 0.15) is 0 Å². The monoisotopic (exact) mass is 197 g/mol. The molecule has 1 unspecified atom stereocenters. The van der Waals surface area contributed by atoms with E-state index in [4.69, 9.17) is 11.5 Å². The Bertz CT molecular complexity index is 312. The lowest BCUT2D eigenvalue weighted by Gasteiger charge is -2.09. The lowest BCUT2D eigenvalue weighted by Crippen LogP contribution is -2.41. The maximum absolute atomic E-state index is 12.5. The molecule has 14 heavy (non-hydrogen) atoms. The molecule has 0 bridgehead atoms. The number of halogens is 1. The SMILES string of the molecule is NC(=O)C(N)CNc1ccc(F)cc1. The second-order valence-electron chi connectivity index (χ2n) is 2.90. The van der Waals surface area contributed by atoms with Gasteiger partial charge < -0.3 is 16.8 Å². The van der Waals surface area contributed by atoms with Gasteiger partial charge in [-0.3, -0.25) is 4.79 Å². The van der Waals surface area contributed by atoms with E-state index in [1.54, 1.807) is 12.1 Å². The number of hydrogen-bond donors (Lipinski definition) is 3. The molecule has 0 aliphatic rings. The van der Waals surface area contributed by atoms with Crippen molar-refractivity contribution in [1.29, 1.82) is 0 Å². The van der Waals surface area contributed by atoms with E-state index >= 15 is 0 Å². The quantitative estimate of drug-likeness (QED) is 0.638. The van der Waals surface area contributed by atoms with E-state index < -0.39 is 11.9 Å². The van der Waals surface area contributed by atoms with Crippen LogP contribution < -0.4 is 16.8 Å². The van der Waals surface area contributed by atoms with Crippen LogP contribution in [0.3, 0.4) is 0 Å². The van der Waals surface area contributed by atoms with Crippen LogP contribution in [0.4, 0.5) is 10.1 Å². The van der Waals surface area contributed by atoms with Crippen LogP contribution in [0.25, 0.3) is 0 Å². The number of carbonyl (C=O) groups is 1. The van der Waals surface area contributed by atoms with Crippen LogP contribution in [0, 0.1) is 5.82 Å². The van der Waals surface area contributed by atoms with E-state index in [0.717, 1.165) is 0 Å². The van der Waals surface area contributed by atoms with Crippen LogP contribution in [-0.4, -0.2) is 18.5 Å². The average Bonchev–Trinajstić information content (AvgIpc) is 2.16. The molecule has 76 valence electrons. The second-order valence-corrected chi connectivity index (χ2v) is 2.90. The summed E-state index contributed by atoms with van der Waals surface area (Å²) in [5.41, 5.74) is 11.0. The number of primary amides is 1. The minimum absolute atomic E-state index is 0.237. The smallest absolute Gasteiger partial charge is 0.236 e. The van der Waals surface area contributed by atoms with Gasteiger partial charge in [-0.1, -0.05) is 0 Å². The minimum atomic E-state index is -0.736. The third-order valence-electron chi connectivity index (χ3n) is 1.74. The first kappa shape index (κ1) is 10.5. The highest BCUT2D eigenvalue weighted by Crippen LogP contribution is 2.07. The highest BCUT2D eigenvalue weighted by atomic mass is 19.1. The first-order valence-electron chi connectivity index (χ1n) is 4.14. The van der Waals surface area contributed by atoms with Gasteiger partial charge in [-0.15, -0.1) is 0 Å². The molecule has 1 rings (SSSR count). The van der Waals surface area contributed by atoms with E-state index in [9.17, 15) is 9.18 Å². The number of benzene rings is 1. The number of anilines is 1. The van der Waals surface area contributed by atoms with Crippen molar-refractivity contribution in [2.75, 3.05) is 11.9 Å². The summed E-state index contributed by atoms with van der Waals surface area (Å²) in [6, 6.07) is 5.02. The molecule has 0 aliphatic carbocycles. The summed E-state index contributed by atoms with van der Waals surface area (Å²) in [6.45, 7) is 0.237. The Hall–Kier alpha value is -1.62. The molecular weight excluding hydrogens is 185 g/mol. The molecule has 0 fully saturated rings. The topological polar surface area (TPSA) is 81.1 Å². The Labute approximate surface area is 81.1 Å². The van der Waals surface area contributed by atoms with Gasteiger partial charge in [0.1, 0.15) is 11.9 Å². The molecule has 0 aromatic heterocycles. The predicted molar refractivity (Wildman–Crippen MR) is 52.1 cm³/mol. The molecule has 1 atom stereocenters. The molecule has 0 saturated carbocycles. The highest BCUT2D eigenvalue weighted by molar-refractivity contribution is 5.80. The summed E-state index contributed by atoms with van der Waals surface area (Å²) in [5, 5.41) is 2.86. The number of hydrogen-bond acceptors (Lipinski definition) is 3. The van der Waals surface area contributed by atoms with Crippen molar-refractivity contribution < 1.29 is 9.18 Å². The third-order valence-corrected chi connectivity index (χ3v) is 1.74. The van der Waals surface area contributed by atoms with Gasteiger partial charge in [-0.25, -0.2) is 4.39 Å². The van der Waals surface area contributed by atoms with Crippen LogP contribution in [-0.2, 0) is 4.79 Å². The van der Waals surface area contributed by atoms with Gasteiger partial charge in [0.2, 0.25) is 5.91 Å². The van der Waals surface area contributed by atoms with Gasteiger partial charge in [0.05, 0.1) is 0 Å². The third kappa shape index (κ3) is 3.02. The molecule has 0 saturated heterocycles. The summed E-state index contributed by atoms with van der Waals surface area (Å²) in [7, 11) is 0. The first-order valence-corrected chi connectivity index (χ1v) is 4.14. The number of carbonyl (C=O) groups excluding carboxylic acids is 1. The standard InChI is InChI=1S/C9H12FN3O/c10-6-1-3-7(4-2-6)13-5-8(11)9(12)14/h1-4,8,13H,5,11H2,(H2,12,14). The summed E-state index contributed by atoms with van der Waals surface area (Å²) in [4.78, 5) is 10.6. The molecule has 0 aliphatic heterocycles. The maximum Gasteiger partial charge on any atom is 0.236 e. The number of nitrogens with one attached hydrogen (secondary N) is 1. The zero-order valence-corrected chi connectivity index (χ0v) is 7.53. The van der Waals surface area contributed by atoms with Crippen molar-refractivity contribution in [2.45, 2.75) is 6.04 Å². The average molecular weight is 197 g/mol. The number of amides is 1. The molecule has 5 heteroatoms. The zero-order valence-electron chi connectivity index (χ0n) is 7.53. The first-order chi connectivity index (χ1) is 6.59. The minimum Gasteiger partial charge on any atom is -0.383 e. The second kappa shape index (κ2) is 4.57. The van der Waals surface area contributed by atoms with Gasteiger partial charge in [0.15, 0.2) is 0 Å². The van der Waals surface area contributed by atoms with Gasteiger partial charge in [0.25, 0.3) is 0 Å². The Morgan fingerprint density at radius 2 is 2.00 bits per heavy atom. The Morgan fingerprint density at radius 1 is 1.43 bits per heavy atom. The van der Waals surface area contributed by atoms with Crippen molar-refractivity contribution in [2.24, 2.45) is 11.5 Å². The lowest BCUT2D eigenvalue weighted by atomic mass is 10.2. The molecule has 1 aromatic rings. The molecule has 0 radical (unpaired) electrons. The van der Waals surface area contributed by atoms with Crippen molar-refractivity contribution in [1.82, 2.24) is 0 Å². The summed E-state index contributed by atoms with van der Waals surface area (Å²) >= 11 is 0. The normalized spacial score (nSPS) is 12.1. The van der Waals surface area contributed by atoms with Crippen molar-refractivity contribution in [3.63, 3.8) is 0 Å². The van der Waals surface area contributed by atoms with E-state index in [-0.39, 0.29) is 12.4 Å². The number of rotatable bonds is 4. The Kier molecular flexibility index (Phi) is 3.41. The van der Waals surface area contributed by atoms with E-state index in [2.05, 4.69) is 5.32 Å². The van der Waals surface area contributed by atoms with E-state index in [1.807, 2.05) is 0 Å². The van der Waals surface area contributed by atoms with Gasteiger partial charge in [-0.2, -0.15) is 0 Å². The maximum atomic E-state index is 12.5. The largest absolute Gasteiger partial charge is 0.383 e. The zero-order chi connectivity index (χ0) is 10.6. The number of nitrogens with two attached hydrogens (primary N) is 2. The summed E-state index contributed by atoms with van der Waals surface area (Å²) < 4.78 is 12.5. The van der Waals surface area contributed by atoms with Crippen LogP contribution in [0.5, 0.6) is 0 Å². The molecule has 0 heterocycles. The van der Waals surface area contributed by atoms with Crippen LogP contribution in [0.15, 0.2) is 24.3 Å². The fourth-order valence-electron chi connectivity index (χ4n) is 0.896. The van der Waals surface area contributed by atoms with Crippen molar-refractivity contribution >= 4 is 11.6 Å². The van der Waals surface area contributed by atoms with E-state index in [0.29, 0.717) is 5.69 Å². The van der Waals surface area contributed by atoms with Crippen LogP contribution >= 0.6 is 0 Å². The Balaban J connectivity index is 2.46. The van der Waals surface area contributed by atoms with Crippen molar-refractivity contribution in [3.05, 3.63) is 30.1 Å². The van der Waals surface area contributed by atoms with Gasteiger partial charge in [-0.05, 0) is 24.3 Å². The molecule has 4 nitrogen and oxygen atoms in total. The molecule has 1 aromatic carbocycles. The van der Waals surface area contributed by atoms with Gasteiger partial charge in [0, 0.05) is 12.2 Å². The fraction of sp³-hybridized carbons (Fsp3) is 0.222. The molecule has 0 spiro atoms. The van der Waals surface area contributed by atoms with Crippen molar-refractivity contribution in [3.8, 4) is 0 Å². The highest BCUT2D eigenvalue weighted by Gasteiger charge is 2.07. The van der Waals surface area contributed by atoms with Crippen LogP contribution in [0.2, 0.25) is 0 Å². The molecular formula is C9H12FN3O. The van der Waals surface area contributed by atoms with Gasteiger partial charge >= 0.3 is 0 Å². The predicted octanol–water partition coefficient (Wildman–Crippen LogP) is 0.0502. The molecule has 5 N–H and O–H groups in total. The fourth-order valence-corrected chi connectivity index (χ4v) is 0.896. The molecule has 1 amide bonds. The van der Waals surface area contributed by atoms with E-state index in [1.165, 1.54) is 12.1 Å². The summed E-state index contributed by atoms with van der Waals surface area (Å²) in [5.74, 6) is -0.880. The Morgan fingerprint density at radius 3 is 2.50 bits per heavy atom. The lowest BCUT2D eigenvalue weighted by molar-refractivity contribution is -0.118.